The molecule has 1 unspecified atom stereocenters. The fourth-order valence-electron chi connectivity index (χ4n) is 0.858. The van der Waals surface area contributed by atoms with E-state index in [0.717, 1.165) is 19.7 Å². The summed E-state index contributed by atoms with van der Waals surface area (Å²) in [6.07, 6.45) is 0.205. The van der Waals surface area contributed by atoms with Gasteiger partial charge in [0, 0.05) is 13.1 Å². The summed E-state index contributed by atoms with van der Waals surface area (Å²) in [5.74, 6) is 0. The highest BCUT2D eigenvalue weighted by Gasteiger charge is 2.11. The fourth-order valence-corrected chi connectivity index (χ4v) is 0.858. The first-order valence-electron chi connectivity index (χ1n) is 3.13. The highest BCUT2D eigenvalue weighted by Crippen LogP contribution is 1.94. The molecule has 1 aliphatic rings. The van der Waals surface area contributed by atoms with Gasteiger partial charge in [-0.1, -0.05) is 0 Å². The van der Waals surface area contributed by atoms with Crippen LogP contribution in [0.1, 0.15) is 0 Å². The predicted octanol–water partition coefficient (Wildman–Crippen LogP) is -0.217. The summed E-state index contributed by atoms with van der Waals surface area (Å²) in [4.78, 5) is 0. The van der Waals surface area contributed by atoms with E-state index in [-0.39, 0.29) is 6.10 Å². The van der Waals surface area contributed by atoms with Crippen molar-refractivity contribution in [3.05, 3.63) is 7.11 Å². The number of hydrogen-bond donors (Lipinski definition) is 1. The van der Waals surface area contributed by atoms with Crippen molar-refractivity contribution in [2.24, 2.45) is 0 Å². The highest BCUT2D eigenvalue weighted by molar-refractivity contribution is 4.65. The van der Waals surface area contributed by atoms with Gasteiger partial charge >= 0.3 is 0 Å². The summed E-state index contributed by atoms with van der Waals surface area (Å²) in [7, 11) is 3.27. The lowest BCUT2D eigenvalue weighted by atomic mass is 10.3. The second-order valence-electron chi connectivity index (χ2n) is 2.07. The Morgan fingerprint density at radius 1 is 1.78 bits per heavy atom. The maximum Gasteiger partial charge on any atom is 0.0933 e. The van der Waals surface area contributed by atoms with Gasteiger partial charge in [-0.2, -0.15) is 0 Å². The molecular weight excluding hydrogens is 118 g/mol. The lowest BCUT2D eigenvalue weighted by Gasteiger charge is -2.22. The molecule has 1 fully saturated rings. The minimum absolute atomic E-state index is 0.205. The summed E-state index contributed by atoms with van der Waals surface area (Å²) in [6.45, 7) is 3.21. The molecule has 0 aliphatic carbocycles. The molecule has 0 aromatic carbocycles. The van der Waals surface area contributed by atoms with E-state index in [0.29, 0.717) is 6.61 Å². The van der Waals surface area contributed by atoms with Crippen molar-refractivity contribution in [1.29, 1.82) is 0 Å². The average molecular weight is 130 g/mol. The fraction of sp³-hybridized carbons (Fsp3) is 0.833. The molecule has 0 amide bonds. The number of rotatable bonds is 2. The van der Waals surface area contributed by atoms with Crippen LogP contribution < -0.4 is 5.32 Å². The van der Waals surface area contributed by atoms with E-state index in [1.807, 2.05) is 0 Å². The van der Waals surface area contributed by atoms with Crippen molar-refractivity contribution < 1.29 is 9.47 Å². The molecule has 1 rings (SSSR count). The molecule has 1 aliphatic heterocycles. The van der Waals surface area contributed by atoms with Gasteiger partial charge in [-0.3, -0.25) is 0 Å². The number of nitrogens with one attached hydrogen (secondary N) is 1. The monoisotopic (exact) mass is 130 g/mol. The largest absolute Gasteiger partial charge is 0.376 e. The Morgan fingerprint density at radius 2 is 2.67 bits per heavy atom. The first-order valence-corrected chi connectivity index (χ1v) is 3.13. The zero-order valence-electron chi connectivity index (χ0n) is 5.43. The molecule has 1 radical (unpaired) electrons. The van der Waals surface area contributed by atoms with E-state index in [4.69, 9.17) is 4.74 Å². The Morgan fingerprint density at radius 3 is 3.22 bits per heavy atom. The van der Waals surface area contributed by atoms with Gasteiger partial charge in [0.2, 0.25) is 0 Å². The smallest absolute Gasteiger partial charge is 0.0933 e. The van der Waals surface area contributed by atoms with E-state index in [2.05, 4.69) is 17.2 Å². The molecule has 0 aromatic rings. The standard InChI is InChI=1S/C6H12NO2/c1-8-5-6-4-7-2-3-9-6/h6-7H,1-5H2. The molecule has 9 heavy (non-hydrogen) atoms. The summed E-state index contributed by atoms with van der Waals surface area (Å²) in [5, 5.41) is 3.19. The summed E-state index contributed by atoms with van der Waals surface area (Å²) in [6, 6.07) is 0. The third-order valence-electron chi connectivity index (χ3n) is 1.31. The van der Waals surface area contributed by atoms with E-state index in [9.17, 15) is 0 Å². The summed E-state index contributed by atoms with van der Waals surface area (Å²) < 4.78 is 9.96. The zero-order valence-corrected chi connectivity index (χ0v) is 5.43. The van der Waals surface area contributed by atoms with Crippen LogP contribution in [0.5, 0.6) is 0 Å². The van der Waals surface area contributed by atoms with Crippen molar-refractivity contribution in [3.8, 4) is 0 Å². The van der Waals surface area contributed by atoms with Crippen LogP contribution in [0, 0.1) is 7.11 Å². The topological polar surface area (TPSA) is 30.5 Å². The number of ether oxygens (including phenoxy) is 2. The van der Waals surface area contributed by atoms with E-state index < -0.39 is 0 Å². The third kappa shape index (κ3) is 2.30. The van der Waals surface area contributed by atoms with Gasteiger partial charge in [0.15, 0.2) is 0 Å². The van der Waals surface area contributed by atoms with Gasteiger partial charge in [0.1, 0.15) is 0 Å². The van der Waals surface area contributed by atoms with Crippen molar-refractivity contribution in [2.45, 2.75) is 6.10 Å². The summed E-state index contributed by atoms with van der Waals surface area (Å²) >= 11 is 0. The molecule has 0 bridgehead atoms. The van der Waals surface area contributed by atoms with Crippen LogP contribution in [0.3, 0.4) is 0 Å². The predicted molar refractivity (Wildman–Crippen MR) is 33.9 cm³/mol. The minimum atomic E-state index is 0.205. The van der Waals surface area contributed by atoms with Crippen LogP contribution in [0.25, 0.3) is 0 Å². The van der Waals surface area contributed by atoms with Crippen molar-refractivity contribution >= 4 is 0 Å². The lowest BCUT2D eigenvalue weighted by molar-refractivity contribution is -0.0114. The Balaban J connectivity index is 2.08. The number of hydrogen-bond acceptors (Lipinski definition) is 3. The van der Waals surface area contributed by atoms with Crippen LogP contribution in [0.2, 0.25) is 0 Å². The lowest BCUT2D eigenvalue weighted by Crippen LogP contribution is -2.40. The van der Waals surface area contributed by atoms with E-state index in [1.54, 1.807) is 0 Å². The molecular formula is C6H12NO2. The molecule has 1 atom stereocenters. The van der Waals surface area contributed by atoms with Gasteiger partial charge in [0.05, 0.1) is 26.4 Å². The van der Waals surface area contributed by atoms with Gasteiger partial charge < -0.3 is 14.8 Å². The molecule has 3 nitrogen and oxygen atoms in total. The highest BCUT2D eigenvalue weighted by atomic mass is 16.5. The second-order valence-corrected chi connectivity index (χ2v) is 2.07. The Labute approximate surface area is 55.3 Å². The molecule has 1 heterocycles. The van der Waals surface area contributed by atoms with E-state index in [1.165, 1.54) is 0 Å². The van der Waals surface area contributed by atoms with Crippen LogP contribution in [-0.4, -0.2) is 32.4 Å². The molecule has 3 heteroatoms. The van der Waals surface area contributed by atoms with Crippen molar-refractivity contribution in [3.63, 3.8) is 0 Å². The Kier molecular flexibility index (Phi) is 2.97. The third-order valence-corrected chi connectivity index (χ3v) is 1.31. The molecule has 53 valence electrons. The summed E-state index contributed by atoms with van der Waals surface area (Å²) in [5.41, 5.74) is 0. The first-order chi connectivity index (χ1) is 4.43. The van der Waals surface area contributed by atoms with Gasteiger partial charge in [-0.05, 0) is 0 Å². The Hall–Kier alpha value is -0.120. The first kappa shape index (κ1) is 6.99. The van der Waals surface area contributed by atoms with E-state index >= 15 is 0 Å². The van der Waals surface area contributed by atoms with Crippen molar-refractivity contribution in [1.82, 2.24) is 5.32 Å². The molecule has 0 saturated carbocycles. The normalized spacial score (nSPS) is 28.3. The SMILES string of the molecule is [CH2]OCC1CNCCO1. The van der Waals surface area contributed by atoms with Gasteiger partial charge in [-0.15, -0.1) is 0 Å². The molecule has 1 saturated heterocycles. The van der Waals surface area contributed by atoms with Crippen LogP contribution in [0.15, 0.2) is 0 Å². The maximum atomic E-state index is 5.29. The van der Waals surface area contributed by atoms with Crippen LogP contribution >= 0.6 is 0 Å². The quantitative estimate of drug-likeness (QED) is 0.560. The second kappa shape index (κ2) is 3.82. The van der Waals surface area contributed by atoms with Crippen LogP contribution in [0.4, 0.5) is 0 Å². The van der Waals surface area contributed by atoms with Crippen LogP contribution in [-0.2, 0) is 9.47 Å². The number of morpholine rings is 1. The van der Waals surface area contributed by atoms with Gasteiger partial charge in [0.25, 0.3) is 0 Å². The minimum Gasteiger partial charge on any atom is -0.376 e. The molecule has 1 N–H and O–H groups in total. The molecule has 0 spiro atoms. The maximum absolute atomic E-state index is 5.29. The molecule has 0 aromatic heterocycles. The van der Waals surface area contributed by atoms with Crippen molar-refractivity contribution in [2.75, 3.05) is 26.3 Å². The zero-order chi connectivity index (χ0) is 6.53. The Bertz CT molecular complexity index is 68.7. The van der Waals surface area contributed by atoms with Gasteiger partial charge in [-0.25, -0.2) is 0 Å². The average Bonchev–Trinajstić information content (AvgIpc) is 1.91.